The maximum Gasteiger partial charge on any atom is 0.262 e. The molecule has 0 bridgehead atoms. The minimum absolute atomic E-state index is 0.0214. The number of carbonyl (C=O) groups excluding carboxylic acids is 1. The second-order valence-electron chi connectivity index (χ2n) is 7.27. The third kappa shape index (κ3) is 5.20. The number of para-hydroxylation sites is 2. The van der Waals surface area contributed by atoms with Crippen LogP contribution in [0.1, 0.15) is 27.0 Å². The average Bonchev–Trinajstić information content (AvgIpc) is 2.78. The molecule has 7 nitrogen and oxygen atoms in total. The summed E-state index contributed by atoms with van der Waals surface area (Å²) >= 11 is 0. The van der Waals surface area contributed by atoms with Crippen LogP contribution in [0.2, 0.25) is 0 Å². The van der Waals surface area contributed by atoms with Gasteiger partial charge in [-0.3, -0.25) is 9.52 Å². The minimum atomic E-state index is -3.94. The third-order valence-corrected chi connectivity index (χ3v) is 6.52. The van der Waals surface area contributed by atoms with Crippen molar-refractivity contribution in [1.82, 2.24) is 5.32 Å². The van der Waals surface area contributed by atoms with E-state index in [-0.39, 0.29) is 22.9 Å². The van der Waals surface area contributed by atoms with Gasteiger partial charge in [0.2, 0.25) is 0 Å². The van der Waals surface area contributed by atoms with Gasteiger partial charge in [0.1, 0.15) is 11.5 Å². The van der Waals surface area contributed by atoms with Crippen LogP contribution in [-0.4, -0.2) is 28.5 Å². The summed E-state index contributed by atoms with van der Waals surface area (Å²) in [7, 11) is -0.880. The molecule has 0 fully saturated rings. The lowest BCUT2D eigenvalue weighted by molar-refractivity contribution is 0.0950. The number of aryl methyl sites for hydroxylation is 2. The number of nitrogens with one attached hydrogen (secondary N) is 2. The van der Waals surface area contributed by atoms with Crippen molar-refractivity contribution < 1.29 is 22.7 Å². The van der Waals surface area contributed by atoms with Crippen molar-refractivity contribution in [1.29, 1.82) is 0 Å². The predicted octanol–water partition coefficient (Wildman–Crippen LogP) is 4.05. The van der Waals surface area contributed by atoms with E-state index in [4.69, 9.17) is 9.47 Å². The smallest absolute Gasteiger partial charge is 0.262 e. The van der Waals surface area contributed by atoms with E-state index in [0.29, 0.717) is 17.0 Å². The molecule has 0 atom stereocenters. The first kappa shape index (κ1) is 23.1. The molecule has 1 amide bonds. The van der Waals surface area contributed by atoms with Gasteiger partial charge < -0.3 is 14.8 Å². The number of anilines is 1. The van der Waals surface area contributed by atoms with Crippen molar-refractivity contribution in [3.05, 3.63) is 82.9 Å². The second kappa shape index (κ2) is 9.74. The SMILES string of the molecule is COc1cc(CNC(=O)c2ccc(C)c(S(=O)(=O)Nc3ccccc3OC)c2)ccc1C. The van der Waals surface area contributed by atoms with Crippen molar-refractivity contribution in [2.75, 3.05) is 18.9 Å². The largest absolute Gasteiger partial charge is 0.496 e. The summed E-state index contributed by atoms with van der Waals surface area (Å²) in [6.45, 7) is 3.90. The number of hydrogen-bond acceptors (Lipinski definition) is 5. The fraction of sp³-hybridized carbons (Fsp3) is 0.208. The highest BCUT2D eigenvalue weighted by atomic mass is 32.2. The van der Waals surface area contributed by atoms with Crippen molar-refractivity contribution in [2.24, 2.45) is 0 Å². The normalized spacial score (nSPS) is 11.0. The molecule has 0 radical (unpaired) electrons. The van der Waals surface area contributed by atoms with Gasteiger partial charge in [-0.15, -0.1) is 0 Å². The Bertz CT molecular complexity index is 1240. The lowest BCUT2D eigenvalue weighted by Crippen LogP contribution is -2.23. The number of rotatable bonds is 8. The Balaban J connectivity index is 1.80. The minimum Gasteiger partial charge on any atom is -0.496 e. The highest BCUT2D eigenvalue weighted by Crippen LogP contribution is 2.27. The number of benzene rings is 3. The van der Waals surface area contributed by atoms with Crippen molar-refractivity contribution in [3.8, 4) is 11.5 Å². The summed E-state index contributed by atoms with van der Waals surface area (Å²) in [5.41, 5.74) is 2.96. The summed E-state index contributed by atoms with van der Waals surface area (Å²) < 4.78 is 39.1. The Morgan fingerprint density at radius 3 is 2.28 bits per heavy atom. The van der Waals surface area contributed by atoms with Gasteiger partial charge in [0.05, 0.1) is 24.8 Å². The lowest BCUT2D eigenvalue weighted by atomic mass is 10.1. The molecule has 0 saturated heterocycles. The van der Waals surface area contributed by atoms with Crippen LogP contribution in [0, 0.1) is 13.8 Å². The molecule has 8 heteroatoms. The molecule has 0 unspecified atom stereocenters. The van der Waals surface area contributed by atoms with Crippen LogP contribution in [0.5, 0.6) is 11.5 Å². The summed E-state index contributed by atoms with van der Waals surface area (Å²) in [5, 5.41) is 2.82. The average molecular weight is 455 g/mol. The van der Waals surface area contributed by atoms with Crippen LogP contribution in [-0.2, 0) is 16.6 Å². The molecular formula is C24H26N2O5S. The third-order valence-electron chi connectivity index (χ3n) is 5.02. The molecule has 0 saturated carbocycles. The zero-order valence-electron chi connectivity index (χ0n) is 18.4. The molecule has 32 heavy (non-hydrogen) atoms. The predicted molar refractivity (Wildman–Crippen MR) is 124 cm³/mol. The fourth-order valence-corrected chi connectivity index (χ4v) is 4.56. The van der Waals surface area contributed by atoms with E-state index in [1.165, 1.54) is 13.2 Å². The van der Waals surface area contributed by atoms with Crippen LogP contribution in [0.15, 0.2) is 65.6 Å². The van der Waals surface area contributed by atoms with E-state index in [0.717, 1.165) is 16.9 Å². The molecular weight excluding hydrogens is 428 g/mol. The van der Waals surface area contributed by atoms with E-state index in [9.17, 15) is 13.2 Å². The summed E-state index contributed by atoms with van der Waals surface area (Å²) in [4.78, 5) is 12.7. The molecule has 3 aromatic rings. The van der Waals surface area contributed by atoms with Crippen molar-refractivity contribution >= 4 is 21.6 Å². The number of methoxy groups -OCH3 is 2. The molecule has 0 spiro atoms. The highest BCUT2D eigenvalue weighted by Gasteiger charge is 2.21. The van der Waals surface area contributed by atoms with E-state index >= 15 is 0 Å². The van der Waals surface area contributed by atoms with Gasteiger partial charge in [-0.25, -0.2) is 8.42 Å². The molecule has 3 rings (SSSR count). The molecule has 0 aliphatic rings. The van der Waals surface area contributed by atoms with Crippen LogP contribution in [0.4, 0.5) is 5.69 Å². The molecule has 168 valence electrons. The molecule has 3 aromatic carbocycles. The van der Waals surface area contributed by atoms with Gasteiger partial charge in [0.25, 0.3) is 15.9 Å². The van der Waals surface area contributed by atoms with Crippen LogP contribution >= 0.6 is 0 Å². The zero-order valence-corrected chi connectivity index (χ0v) is 19.2. The Hall–Kier alpha value is -3.52. The van der Waals surface area contributed by atoms with Crippen molar-refractivity contribution in [3.63, 3.8) is 0 Å². The summed E-state index contributed by atoms with van der Waals surface area (Å²) in [6.07, 6.45) is 0. The number of sulfonamides is 1. The van der Waals surface area contributed by atoms with Crippen LogP contribution in [0.3, 0.4) is 0 Å². The summed E-state index contributed by atoms with van der Waals surface area (Å²) in [6, 6.07) is 17.0. The standard InChI is InChI=1S/C24H26N2O5S/c1-16-9-11-18(13-22(16)31-4)15-25-24(27)19-12-10-17(2)23(14-19)32(28,29)26-20-7-5-6-8-21(20)30-3/h5-14,26H,15H2,1-4H3,(H,25,27). The molecule has 0 heterocycles. The molecule has 2 N–H and O–H groups in total. The van der Waals surface area contributed by atoms with Gasteiger partial charge in [0.15, 0.2) is 0 Å². The Morgan fingerprint density at radius 1 is 0.875 bits per heavy atom. The molecule has 0 aromatic heterocycles. The van der Waals surface area contributed by atoms with Crippen LogP contribution < -0.4 is 19.5 Å². The zero-order chi connectivity index (χ0) is 23.3. The fourth-order valence-electron chi connectivity index (χ4n) is 3.22. The van der Waals surface area contributed by atoms with Crippen molar-refractivity contribution in [2.45, 2.75) is 25.3 Å². The van der Waals surface area contributed by atoms with E-state index in [2.05, 4.69) is 10.0 Å². The number of hydrogen-bond donors (Lipinski definition) is 2. The quantitative estimate of drug-likeness (QED) is 0.536. The topological polar surface area (TPSA) is 93.7 Å². The maximum absolute atomic E-state index is 13.0. The van der Waals surface area contributed by atoms with Gasteiger partial charge >= 0.3 is 0 Å². The highest BCUT2D eigenvalue weighted by molar-refractivity contribution is 7.92. The first-order chi connectivity index (χ1) is 15.2. The van der Waals surface area contributed by atoms with Gasteiger partial charge in [-0.05, 0) is 60.9 Å². The summed E-state index contributed by atoms with van der Waals surface area (Å²) in [5.74, 6) is 0.761. The van der Waals surface area contributed by atoms with E-state index in [1.807, 2.05) is 25.1 Å². The van der Waals surface area contributed by atoms with E-state index in [1.54, 1.807) is 50.4 Å². The Kier molecular flexibility index (Phi) is 7.05. The number of ether oxygens (including phenoxy) is 2. The van der Waals surface area contributed by atoms with Crippen LogP contribution in [0.25, 0.3) is 0 Å². The molecule has 0 aliphatic heterocycles. The first-order valence-corrected chi connectivity index (χ1v) is 11.4. The number of amides is 1. The lowest BCUT2D eigenvalue weighted by Gasteiger charge is -2.14. The maximum atomic E-state index is 13.0. The number of carbonyl (C=O) groups is 1. The van der Waals surface area contributed by atoms with Gasteiger partial charge in [0, 0.05) is 12.1 Å². The van der Waals surface area contributed by atoms with Gasteiger partial charge in [-0.1, -0.05) is 30.3 Å². The Labute approximate surface area is 188 Å². The van der Waals surface area contributed by atoms with E-state index < -0.39 is 10.0 Å². The Morgan fingerprint density at radius 2 is 1.56 bits per heavy atom. The first-order valence-electron chi connectivity index (χ1n) is 9.93. The second-order valence-corrected chi connectivity index (χ2v) is 8.92. The van der Waals surface area contributed by atoms with Gasteiger partial charge in [-0.2, -0.15) is 0 Å². The monoisotopic (exact) mass is 454 g/mol. The molecule has 0 aliphatic carbocycles.